The van der Waals surface area contributed by atoms with Crippen molar-refractivity contribution in [2.45, 2.75) is 6.04 Å². The molecule has 144 valence electrons. The SMILES string of the molecule is Cn1cc(NC(=O)NCC(c2cccc(F)c2)N2CCOCC2)ccc1=O. The lowest BCUT2D eigenvalue weighted by Gasteiger charge is -2.35. The van der Waals surface area contributed by atoms with E-state index in [2.05, 4.69) is 15.5 Å². The molecule has 1 saturated heterocycles. The van der Waals surface area contributed by atoms with Gasteiger partial charge in [-0.3, -0.25) is 9.69 Å². The van der Waals surface area contributed by atoms with Gasteiger partial charge in [0.2, 0.25) is 5.56 Å². The normalized spacial score (nSPS) is 15.9. The Morgan fingerprint density at radius 1 is 1.26 bits per heavy atom. The van der Waals surface area contributed by atoms with Gasteiger partial charge in [0, 0.05) is 38.9 Å². The van der Waals surface area contributed by atoms with Crippen LogP contribution in [0.3, 0.4) is 0 Å². The predicted molar refractivity (Wildman–Crippen MR) is 100 cm³/mol. The number of hydrogen-bond donors (Lipinski definition) is 2. The highest BCUT2D eigenvalue weighted by atomic mass is 19.1. The molecule has 1 fully saturated rings. The molecule has 1 aromatic heterocycles. The largest absolute Gasteiger partial charge is 0.379 e. The third-order valence-corrected chi connectivity index (χ3v) is 4.52. The maximum Gasteiger partial charge on any atom is 0.319 e. The number of anilines is 1. The third-order valence-electron chi connectivity index (χ3n) is 4.52. The molecule has 1 aliphatic rings. The summed E-state index contributed by atoms with van der Waals surface area (Å²) in [4.78, 5) is 25.9. The number of carbonyl (C=O) groups is 1. The summed E-state index contributed by atoms with van der Waals surface area (Å²) in [7, 11) is 1.61. The first-order valence-electron chi connectivity index (χ1n) is 8.82. The van der Waals surface area contributed by atoms with Crippen molar-refractivity contribution in [3.63, 3.8) is 0 Å². The highest BCUT2D eigenvalue weighted by Gasteiger charge is 2.23. The second kappa shape index (κ2) is 8.79. The molecule has 2 aromatic rings. The average Bonchev–Trinajstić information content (AvgIpc) is 2.66. The van der Waals surface area contributed by atoms with Crippen molar-refractivity contribution >= 4 is 11.7 Å². The lowest BCUT2D eigenvalue weighted by atomic mass is 10.0. The van der Waals surface area contributed by atoms with E-state index in [0.29, 0.717) is 38.5 Å². The van der Waals surface area contributed by atoms with E-state index in [-0.39, 0.29) is 23.4 Å². The van der Waals surface area contributed by atoms with Gasteiger partial charge in [-0.25, -0.2) is 9.18 Å². The molecule has 1 atom stereocenters. The first-order valence-corrected chi connectivity index (χ1v) is 8.82. The molecule has 0 radical (unpaired) electrons. The smallest absolute Gasteiger partial charge is 0.319 e. The number of hydrogen-bond acceptors (Lipinski definition) is 4. The molecule has 0 aliphatic carbocycles. The molecule has 2 heterocycles. The van der Waals surface area contributed by atoms with Crippen LogP contribution < -0.4 is 16.2 Å². The molecule has 0 bridgehead atoms. The number of nitrogens with one attached hydrogen (secondary N) is 2. The predicted octanol–water partition coefficient (Wildman–Crippen LogP) is 1.72. The maximum absolute atomic E-state index is 13.7. The molecule has 2 N–H and O–H groups in total. The van der Waals surface area contributed by atoms with Crippen molar-refractivity contribution in [1.29, 1.82) is 0 Å². The molecule has 1 unspecified atom stereocenters. The van der Waals surface area contributed by atoms with Crippen LogP contribution in [-0.4, -0.2) is 48.3 Å². The Kier molecular flexibility index (Phi) is 6.20. The van der Waals surface area contributed by atoms with E-state index >= 15 is 0 Å². The molecular formula is C19H23FN4O3. The van der Waals surface area contributed by atoms with Gasteiger partial charge in [-0.05, 0) is 23.8 Å². The van der Waals surface area contributed by atoms with Gasteiger partial charge in [0.25, 0.3) is 0 Å². The number of pyridine rings is 1. The van der Waals surface area contributed by atoms with Gasteiger partial charge >= 0.3 is 6.03 Å². The minimum atomic E-state index is -0.386. The molecule has 1 aliphatic heterocycles. The van der Waals surface area contributed by atoms with Crippen LogP contribution in [0.5, 0.6) is 0 Å². The maximum atomic E-state index is 13.7. The van der Waals surface area contributed by atoms with E-state index < -0.39 is 0 Å². The number of ether oxygens (including phenoxy) is 1. The minimum absolute atomic E-state index is 0.153. The van der Waals surface area contributed by atoms with Crippen LogP contribution in [0.25, 0.3) is 0 Å². The van der Waals surface area contributed by atoms with E-state index in [1.54, 1.807) is 25.4 Å². The van der Waals surface area contributed by atoms with Crippen LogP contribution in [0.15, 0.2) is 47.4 Å². The number of amides is 2. The molecule has 2 amide bonds. The van der Waals surface area contributed by atoms with Gasteiger partial charge < -0.3 is 19.9 Å². The lowest BCUT2D eigenvalue weighted by Crippen LogP contribution is -2.44. The Hall–Kier alpha value is -2.71. The van der Waals surface area contributed by atoms with Gasteiger partial charge in [-0.2, -0.15) is 0 Å². The molecule has 8 heteroatoms. The van der Waals surface area contributed by atoms with Crippen LogP contribution in [0.4, 0.5) is 14.9 Å². The number of benzene rings is 1. The van der Waals surface area contributed by atoms with Crippen LogP contribution >= 0.6 is 0 Å². The van der Waals surface area contributed by atoms with Gasteiger partial charge in [0.15, 0.2) is 0 Å². The van der Waals surface area contributed by atoms with Crippen LogP contribution in [0, 0.1) is 5.82 Å². The fourth-order valence-corrected chi connectivity index (χ4v) is 3.09. The Morgan fingerprint density at radius 2 is 2.04 bits per heavy atom. The number of halogens is 1. The van der Waals surface area contributed by atoms with E-state index in [4.69, 9.17) is 4.74 Å². The number of morpholine rings is 1. The molecule has 27 heavy (non-hydrogen) atoms. The third kappa shape index (κ3) is 5.15. The van der Waals surface area contributed by atoms with E-state index in [0.717, 1.165) is 5.56 Å². The summed E-state index contributed by atoms with van der Waals surface area (Å²) in [6.45, 7) is 2.96. The van der Waals surface area contributed by atoms with E-state index in [9.17, 15) is 14.0 Å². The summed E-state index contributed by atoms with van der Waals surface area (Å²) in [5.74, 6) is -0.305. The van der Waals surface area contributed by atoms with Crippen LogP contribution in [-0.2, 0) is 11.8 Å². The van der Waals surface area contributed by atoms with Crippen molar-refractivity contribution < 1.29 is 13.9 Å². The number of aromatic nitrogens is 1. The molecule has 1 aromatic carbocycles. The molecule has 0 saturated carbocycles. The zero-order chi connectivity index (χ0) is 19.2. The standard InChI is InChI=1S/C19H23FN4O3/c1-23-13-16(5-6-18(23)25)22-19(26)21-12-17(24-7-9-27-10-8-24)14-3-2-4-15(20)11-14/h2-6,11,13,17H,7-10,12H2,1H3,(H2,21,22,26). The Bertz CT molecular complexity index is 849. The highest BCUT2D eigenvalue weighted by molar-refractivity contribution is 5.89. The lowest BCUT2D eigenvalue weighted by molar-refractivity contribution is 0.0167. The number of urea groups is 1. The molecule has 3 rings (SSSR count). The molecular weight excluding hydrogens is 351 g/mol. The van der Waals surface area contributed by atoms with Gasteiger partial charge in [0.1, 0.15) is 5.82 Å². The second-order valence-electron chi connectivity index (χ2n) is 6.42. The van der Waals surface area contributed by atoms with E-state index in [1.165, 1.54) is 22.8 Å². The number of rotatable bonds is 5. The first kappa shape index (κ1) is 19.1. The zero-order valence-electron chi connectivity index (χ0n) is 15.2. The van der Waals surface area contributed by atoms with Crippen molar-refractivity contribution in [1.82, 2.24) is 14.8 Å². The van der Waals surface area contributed by atoms with Gasteiger partial charge in [-0.1, -0.05) is 12.1 Å². The number of carbonyl (C=O) groups excluding carboxylic acids is 1. The summed E-state index contributed by atoms with van der Waals surface area (Å²) < 4.78 is 20.5. The van der Waals surface area contributed by atoms with Crippen LogP contribution in [0.2, 0.25) is 0 Å². The summed E-state index contributed by atoms with van der Waals surface area (Å²) in [5, 5.41) is 5.54. The number of nitrogens with zero attached hydrogens (tertiary/aromatic N) is 2. The van der Waals surface area contributed by atoms with Crippen molar-refractivity contribution in [3.05, 3.63) is 64.3 Å². The quantitative estimate of drug-likeness (QED) is 0.836. The van der Waals surface area contributed by atoms with Gasteiger partial charge in [0.05, 0.1) is 24.9 Å². The Morgan fingerprint density at radius 3 is 2.74 bits per heavy atom. The summed E-state index contributed by atoms with van der Waals surface area (Å²) >= 11 is 0. The number of aryl methyl sites for hydroxylation is 1. The fraction of sp³-hybridized carbons (Fsp3) is 0.368. The zero-order valence-corrected chi connectivity index (χ0v) is 15.2. The van der Waals surface area contributed by atoms with Crippen LogP contribution in [0.1, 0.15) is 11.6 Å². The summed E-state index contributed by atoms with van der Waals surface area (Å²) in [5.41, 5.74) is 1.17. The molecule has 0 spiro atoms. The Balaban J connectivity index is 1.67. The topological polar surface area (TPSA) is 75.6 Å². The van der Waals surface area contributed by atoms with Crippen molar-refractivity contribution in [2.24, 2.45) is 7.05 Å². The highest BCUT2D eigenvalue weighted by Crippen LogP contribution is 2.22. The molecule has 7 nitrogen and oxygen atoms in total. The fourth-order valence-electron chi connectivity index (χ4n) is 3.09. The second-order valence-corrected chi connectivity index (χ2v) is 6.42. The van der Waals surface area contributed by atoms with Crippen molar-refractivity contribution in [3.8, 4) is 0 Å². The monoisotopic (exact) mass is 374 g/mol. The average molecular weight is 374 g/mol. The van der Waals surface area contributed by atoms with Crippen molar-refractivity contribution in [2.75, 3.05) is 38.2 Å². The van der Waals surface area contributed by atoms with E-state index in [1.807, 2.05) is 6.07 Å². The van der Waals surface area contributed by atoms with Gasteiger partial charge in [-0.15, -0.1) is 0 Å². The summed E-state index contributed by atoms with van der Waals surface area (Å²) in [6, 6.07) is 8.82. The minimum Gasteiger partial charge on any atom is -0.379 e. The Labute approximate surface area is 156 Å². The first-order chi connectivity index (χ1) is 13.0. The summed E-state index contributed by atoms with van der Waals surface area (Å²) in [6.07, 6.45) is 1.55.